The molecule has 1 aromatic heterocycles. The standard InChI is InChI=1S/C36H37N5O5/c1-44-17-18-46-35-22-31-30(21-34(35)45-2)36(38-24-37-31)39-26-9-11-32(28(19-26)29-20-27(42)10-12-33(29)43)41-14-6-13-40(15-16-41)23-25-7-4-3-5-8-25/h3-5,7-12,19-22,24H,6,13-18,23H2,1-2H3,(H,37,38,39). The molecule has 1 aliphatic heterocycles. The Bertz CT molecular complexity index is 1790. The van der Waals surface area contributed by atoms with Crippen molar-refractivity contribution in [3.63, 3.8) is 0 Å². The smallest absolute Gasteiger partial charge is 0.186 e. The first-order chi connectivity index (χ1) is 22.5. The van der Waals surface area contributed by atoms with Gasteiger partial charge < -0.3 is 24.4 Å². The molecule has 1 aliphatic carbocycles. The van der Waals surface area contributed by atoms with Crippen LogP contribution in [-0.2, 0) is 20.9 Å². The van der Waals surface area contributed by atoms with E-state index in [9.17, 15) is 9.59 Å². The second-order valence-corrected chi connectivity index (χ2v) is 11.2. The Balaban J connectivity index is 1.31. The number of benzene rings is 3. The van der Waals surface area contributed by atoms with Crippen molar-refractivity contribution in [3.05, 3.63) is 96.3 Å². The first kappa shape index (κ1) is 30.9. The van der Waals surface area contributed by atoms with E-state index in [1.807, 2.05) is 36.4 Å². The molecule has 0 radical (unpaired) electrons. The van der Waals surface area contributed by atoms with E-state index in [4.69, 9.17) is 14.2 Å². The molecule has 10 nitrogen and oxygen atoms in total. The maximum Gasteiger partial charge on any atom is 0.186 e. The number of fused-ring (bicyclic) bond motifs is 1. The van der Waals surface area contributed by atoms with Crippen molar-refractivity contribution in [2.24, 2.45) is 0 Å². The van der Waals surface area contributed by atoms with Crippen molar-refractivity contribution in [3.8, 4) is 11.5 Å². The summed E-state index contributed by atoms with van der Waals surface area (Å²) in [5.74, 6) is 1.27. The van der Waals surface area contributed by atoms with Crippen molar-refractivity contribution in [2.45, 2.75) is 13.0 Å². The fraction of sp³-hybridized carbons (Fsp3) is 0.278. The molecule has 10 heteroatoms. The van der Waals surface area contributed by atoms with E-state index < -0.39 is 0 Å². The lowest BCUT2D eigenvalue weighted by atomic mass is 9.94. The first-order valence-corrected chi connectivity index (χ1v) is 15.4. The molecule has 46 heavy (non-hydrogen) atoms. The molecule has 2 aliphatic rings. The monoisotopic (exact) mass is 619 g/mol. The van der Waals surface area contributed by atoms with Crippen molar-refractivity contribution in [2.75, 3.05) is 63.8 Å². The molecule has 0 spiro atoms. The van der Waals surface area contributed by atoms with E-state index in [2.05, 4.69) is 49.4 Å². The minimum absolute atomic E-state index is 0.197. The van der Waals surface area contributed by atoms with Crippen LogP contribution >= 0.6 is 0 Å². The number of nitrogens with one attached hydrogen (secondary N) is 1. The zero-order valence-corrected chi connectivity index (χ0v) is 26.1. The average Bonchev–Trinajstić information content (AvgIpc) is 3.31. The van der Waals surface area contributed by atoms with Gasteiger partial charge in [0.2, 0.25) is 0 Å². The molecule has 0 unspecified atom stereocenters. The van der Waals surface area contributed by atoms with Crippen LogP contribution in [0.25, 0.3) is 16.5 Å². The molecule has 0 atom stereocenters. The largest absolute Gasteiger partial charge is 0.493 e. The number of hydrogen-bond acceptors (Lipinski definition) is 10. The van der Waals surface area contributed by atoms with Gasteiger partial charge in [0.25, 0.3) is 0 Å². The van der Waals surface area contributed by atoms with Crippen molar-refractivity contribution in [1.29, 1.82) is 0 Å². The van der Waals surface area contributed by atoms with Gasteiger partial charge in [-0.3, -0.25) is 14.5 Å². The highest BCUT2D eigenvalue weighted by Crippen LogP contribution is 2.37. The van der Waals surface area contributed by atoms with Crippen molar-refractivity contribution < 1.29 is 23.8 Å². The Kier molecular flexibility index (Phi) is 9.66. The van der Waals surface area contributed by atoms with Crippen LogP contribution in [0.4, 0.5) is 17.2 Å². The average molecular weight is 620 g/mol. The highest BCUT2D eigenvalue weighted by Gasteiger charge is 2.24. The third-order valence-corrected chi connectivity index (χ3v) is 8.14. The van der Waals surface area contributed by atoms with Crippen LogP contribution < -0.4 is 19.7 Å². The van der Waals surface area contributed by atoms with Crippen LogP contribution in [0.3, 0.4) is 0 Å². The minimum atomic E-state index is -0.207. The number of anilines is 3. The molecular weight excluding hydrogens is 582 g/mol. The number of allylic oxidation sites excluding steroid dienone is 4. The summed E-state index contributed by atoms with van der Waals surface area (Å²) in [6, 6.07) is 20.1. The summed E-state index contributed by atoms with van der Waals surface area (Å²) in [6.07, 6.45) is 6.56. The quantitative estimate of drug-likeness (QED) is 0.178. The van der Waals surface area contributed by atoms with E-state index in [1.54, 1.807) is 14.2 Å². The van der Waals surface area contributed by atoms with Gasteiger partial charge in [0, 0.05) is 73.8 Å². The van der Waals surface area contributed by atoms with Gasteiger partial charge in [0.15, 0.2) is 23.1 Å². The maximum atomic E-state index is 13.1. The molecule has 2 heterocycles. The SMILES string of the molecule is COCCOc1cc2ncnc(Nc3ccc(N4CCCN(Cc5ccccc5)CC4)c(C4=CC(=O)C=CC4=O)c3)c2cc1OC. The Morgan fingerprint density at radius 1 is 0.870 bits per heavy atom. The molecule has 0 amide bonds. The molecule has 6 rings (SSSR count). The third-order valence-electron chi connectivity index (χ3n) is 8.14. The second kappa shape index (κ2) is 14.4. The zero-order valence-electron chi connectivity index (χ0n) is 26.1. The van der Waals surface area contributed by atoms with E-state index in [1.165, 1.54) is 30.1 Å². The van der Waals surface area contributed by atoms with Gasteiger partial charge in [-0.25, -0.2) is 9.97 Å². The molecule has 1 N–H and O–H groups in total. The van der Waals surface area contributed by atoms with Gasteiger partial charge >= 0.3 is 0 Å². The Hall–Kier alpha value is -5.06. The number of rotatable bonds is 11. The predicted octanol–water partition coefficient (Wildman–Crippen LogP) is 5.21. The molecule has 0 bridgehead atoms. The number of carbonyl (C=O) groups is 2. The van der Waals surface area contributed by atoms with E-state index >= 15 is 0 Å². The van der Waals surface area contributed by atoms with Crippen LogP contribution in [0.1, 0.15) is 17.5 Å². The fourth-order valence-electron chi connectivity index (χ4n) is 5.84. The third kappa shape index (κ3) is 7.09. The Morgan fingerprint density at radius 3 is 2.57 bits per heavy atom. The van der Waals surface area contributed by atoms with Crippen molar-refractivity contribution in [1.82, 2.24) is 14.9 Å². The molecular formula is C36H37N5O5. The lowest BCUT2D eigenvalue weighted by molar-refractivity contribution is -0.113. The van der Waals surface area contributed by atoms with Crippen molar-refractivity contribution >= 4 is 45.2 Å². The fourth-order valence-corrected chi connectivity index (χ4v) is 5.84. The van der Waals surface area contributed by atoms with Crippen LogP contribution in [0.15, 0.2) is 85.2 Å². The minimum Gasteiger partial charge on any atom is -0.493 e. The Morgan fingerprint density at radius 2 is 1.74 bits per heavy atom. The summed E-state index contributed by atoms with van der Waals surface area (Å²) in [6.45, 7) is 5.20. The number of aromatic nitrogens is 2. The van der Waals surface area contributed by atoms with Gasteiger partial charge in [-0.05, 0) is 54.5 Å². The zero-order chi connectivity index (χ0) is 31.9. The summed E-state index contributed by atoms with van der Waals surface area (Å²) in [7, 11) is 3.20. The van der Waals surface area contributed by atoms with Gasteiger partial charge in [0.1, 0.15) is 18.8 Å². The highest BCUT2D eigenvalue weighted by atomic mass is 16.5. The first-order valence-electron chi connectivity index (χ1n) is 15.4. The summed E-state index contributed by atoms with van der Waals surface area (Å²) in [5.41, 5.74) is 4.68. The molecule has 3 aromatic carbocycles. The highest BCUT2D eigenvalue weighted by molar-refractivity contribution is 6.34. The summed E-state index contributed by atoms with van der Waals surface area (Å²) >= 11 is 0. The van der Waals surface area contributed by atoms with Crippen LogP contribution in [0.2, 0.25) is 0 Å². The number of ether oxygens (including phenoxy) is 3. The van der Waals surface area contributed by atoms with Gasteiger partial charge in [0.05, 0.1) is 19.2 Å². The number of carbonyl (C=O) groups excluding carboxylic acids is 2. The van der Waals surface area contributed by atoms with E-state index in [-0.39, 0.29) is 11.6 Å². The lowest BCUT2D eigenvalue weighted by Crippen LogP contribution is -2.31. The number of methoxy groups -OCH3 is 2. The number of nitrogens with zero attached hydrogens (tertiary/aromatic N) is 4. The van der Waals surface area contributed by atoms with Crippen LogP contribution in [0, 0.1) is 0 Å². The predicted molar refractivity (Wildman–Crippen MR) is 179 cm³/mol. The van der Waals surface area contributed by atoms with Gasteiger partial charge in [-0.1, -0.05) is 30.3 Å². The van der Waals surface area contributed by atoms with Crippen LogP contribution in [0.5, 0.6) is 11.5 Å². The molecule has 1 saturated heterocycles. The topological polar surface area (TPSA) is 106 Å². The summed E-state index contributed by atoms with van der Waals surface area (Å²) in [4.78, 5) is 39.3. The molecule has 1 fully saturated rings. The maximum absolute atomic E-state index is 13.1. The number of hydrogen-bond donors (Lipinski definition) is 1. The van der Waals surface area contributed by atoms with Gasteiger partial charge in [-0.15, -0.1) is 0 Å². The van der Waals surface area contributed by atoms with Crippen LogP contribution in [-0.4, -0.2) is 80.0 Å². The molecule has 4 aromatic rings. The summed E-state index contributed by atoms with van der Waals surface area (Å²) in [5, 5.41) is 4.15. The normalized spacial score (nSPS) is 15.5. The molecule has 236 valence electrons. The van der Waals surface area contributed by atoms with E-state index in [0.29, 0.717) is 47.2 Å². The second-order valence-electron chi connectivity index (χ2n) is 11.2. The van der Waals surface area contributed by atoms with Gasteiger partial charge in [-0.2, -0.15) is 0 Å². The summed E-state index contributed by atoms with van der Waals surface area (Å²) < 4.78 is 16.5. The Labute approximate surface area is 268 Å². The molecule has 0 saturated carbocycles. The number of ketones is 2. The van der Waals surface area contributed by atoms with E-state index in [0.717, 1.165) is 55.9 Å². The lowest BCUT2D eigenvalue weighted by Gasteiger charge is -2.27.